The molecule has 2 heterocycles. The monoisotopic (exact) mass is 360 g/mol. The van der Waals surface area contributed by atoms with Gasteiger partial charge in [0.1, 0.15) is 48.8 Å². The van der Waals surface area contributed by atoms with Crippen molar-refractivity contribution in [1.82, 2.24) is 0 Å². The van der Waals surface area contributed by atoms with Crippen LogP contribution in [0.3, 0.4) is 0 Å². The van der Waals surface area contributed by atoms with Crippen LogP contribution in [0.1, 0.15) is 0 Å². The van der Waals surface area contributed by atoms with Crippen molar-refractivity contribution >= 4 is 0 Å². The topological polar surface area (TPSA) is 221 Å². The fourth-order valence-electron chi connectivity index (χ4n) is 2.19. The normalized spacial score (nSPS) is 47.0. The van der Waals surface area contributed by atoms with Crippen molar-refractivity contribution in [3.8, 4) is 0 Å². The Bertz CT molecular complexity index is 365. The predicted octanol–water partition coefficient (Wildman–Crippen LogP) is -6.44. The first-order chi connectivity index (χ1) is 11.1. The molecule has 2 saturated heterocycles. The highest BCUT2D eigenvalue weighted by molar-refractivity contribution is 4.89. The number of hydrogen-bond donors (Lipinski definition) is 10. The zero-order valence-electron chi connectivity index (χ0n) is 12.5. The molecule has 144 valence electrons. The first-order valence-electron chi connectivity index (χ1n) is 7.12. The zero-order chi connectivity index (χ0) is 18.6. The average Bonchev–Trinajstić information content (AvgIpc) is 2.83. The van der Waals surface area contributed by atoms with E-state index in [0.717, 1.165) is 0 Å². The smallest absolute Gasteiger partial charge is 0.184 e. The Kier molecular flexibility index (Phi) is 8.34. The molecule has 0 aliphatic carbocycles. The molecule has 0 aromatic carbocycles. The van der Waals surface area contributed by atoms with Crippen molar-refractivity contribution < 1.29 is 60.5 Å². The van der Waals surface area contributed by atoms with E-state index < -0.39 is 74.6 Å². The molecule has 0 aromatic heterocycles. The highest BCUT2D eigenvalue weighted by Crippen LogP contribution is 2.22. The van der Waals surface area contributed by atoms with Crippen molar-refractivity contribution in [2.24, 2.45) is 0 Å². The van der Waals surface area contributed by atoms with Crippen LogP contribution < -0.4 is 0 Å². The number of hydrogen-bond acceptors (Lipinski definition) is 12. The van der Waals surface area contributed by atoms with Gasteiger partial charge in [0.2, 0.25) is 0 Å². The quantitative estimate of drug-likeness (QED) is 0.227. The average molecular weight is 360 g/mol. The van der Waals surface area contributed by atoms with Crippen molar-refractivity contribution in [3.63, 3.8) is 0 Å². The Balaban J connectivity index is 0.000000240. The molecule has 0 unspecified atom stereocenters. The summed E-state index contributed by atoms with van der Waals surface area (Å²) in [6, 6.07) is 0. The molecule has 10 N–H and O–H groups in total. The molecule has 10 atom stereocenters. The molecule has 24 heavy (non-hydrogen) atoms. The number of ether oxygens (including phenoxy) is 2. The number of rotatable bonds is 3. The Hall–Kier alpha value is -0.480. The Labute approximate surface area is 136 Å². The molecule has 0 aromatic rings. The summed E-state index contributed by atoms with van der Waals surface area (Å²) in [6.45, 7) is -1.12. The fourth-order valence-corrected chi connectivity index (χ4v) is 2.19. The molecule has 12 heteroatoms. The van der Waals surface area contributed by atoms with E-state index in [9.17, 15) is 0 Å². The molecular weight excluding hydrogens is 336 g/mol. The van der Waals surface area contributed by atoms with Gasteiger partial charge in [-0.3, -0.25) is 0 Å². The predicted molar refractivity (Wildman–Crippen MR) is 72.0 cm³/mol. The second-order valence-corrected chi connectivity index (χ2v) is 5.44. The molecule has 2 rings (SSSR count). The first-order valence-corrected chi connectivity index (χ1v) is 7.12. The van der Waals surface area contributed by atoms with Crippen LogP contribution in [0.4, 0.5) is 0 Å². The molecule has 0 spiro atoms. The van der Waals surface area contributed by atoms with Crippen molar-refractivity contribution in [3.05, 3.63) is 0 Å². The van der Waals surface area contributed by atoms with E-state index in [0.29, 0.717) is 0 Å². The van der Waals surface area contributed by atoms with Crippen LogP contribution >= 0.6 is 0 Å². The summed E-state index contributed by atoms with van der Waals surface area (Å²) in [6.07, 6.45) is -13.8. The molecule has 12 nitrogen and oxygen atoms in total. The van der Waals surface area contributed by atoms with Crippen molar-refractivity contribution in [2.75, 3.05) is 13.2 Å². The maximum Gasteiger partial charge on any atom is 0.184 e. The van der Waals surface area contributed by atoms with Crippen LogP contribution in [-0.4, -0.2) is 126 Å². The minimum Gasteiger partial charge on any atom is -0.394 e. The standard InChI is InChI=1S/2C6H12O6/c7-1-2(8)5-3(9)4(10)6(11)12-5;7-1-2-3(8)4(9)5(10)6(11)12-2/h2*2-11H,1H2/t2-,3-,4-,5-,6-;2-,3-,4+,5-,6-/m11/s1. The van der Waals surface area contributed by atoms with Gasteiger partial charge < -0.3 is 60.5 Å². The fraction of sp³-hybridized carbons (Fsp3) is 1.00. The van der Waals surface area contributed by atoms with Gasteiger partial charge in [-0.1, -0.05) is 0 Å². The van der Waals surface area contributed by atoms with E-state index in [1.54, 1.807) is 0 Å². The molecular formula is C12H24O12. The van der Waals surface area contributed by atoms with Gasteiger partial charge in [0.25, 0.3) is 0 Å². The summed E-state index contributed by atoms with van der Waals surface area (Å²) in [5.41, 5.74) is 0. The van der Waals surface area contributed by atoms with Crippen LogP contribution in [0, 0.1) is 0 Å². The Morgan fingerprint density at radius 3 is 1.58 bits per heavy atom. The second kappa shape index (κ2) is 9.28. The van der Waals surface area contributed by atoms with E-state index in [2.05, 4.69) is 9.47 Å². The lowest BCUT2D eigenvalue weighted by atomic mass is 10.00. The second-order valence-electron chi connectivity index (χ2n) is 5.44. The van der Waals surface area contributed by atoms with Gasteiger partial charge in [-0.15, -0.1) is 0 Å². The van der Waals surface area contributed by atoms with Crippen LogP contribution in [0.5, 0.6) is 0 Å². The van der Waals surface area contributed by atoms with Crippen LogP contribution in [0.15, 0.2) is 0 Å². The van der Waals surface area contributed by atoms with Gasteiger partial charge in [0.15, 0.2) is 12.6 Å². The third-order valence-electron chi connectivity index (χ3n) is 3.71. The van der Waals surface area contributed by atoms with Gasteiger partial charge in [0, 0.05) is 0 Å². The third-order valence-corrected chi connectivity index (χ3v) is 3.71. The largest absolute Gasteiger partial charge is 0.394 e. The lowest BCUT2D eigenvalue weighted by Gasteiger charge is -2.37. The van der Waals surface area contributed by atoms with Gasteiger partial charge in [-0.2, -0.15) is 0 Å². The van der Waals surface area contributed by atoms with Gasteiger partial charge in [-0.05, 0) is 0 Å². The van der Waals surface area contributed by atoms with E-state index in [4.69, 9.17) is 51.1 Å². The highest BCUT2D eigenvalue weighted by Gasteiger charge is 2.45. The number of aliphatic hydroxyl groups is 10. The number of aliphatic hydroxyl groups excluding tert-OH is 10. The minimum atomic E-state index is -1.57. The lowest BCUT2D eigenvalue weighted by Crippen LogP contribution is -2.58. The Morgan fingerprint density at radius 2 is 1.17 bits per heavy atom. The summed E-state index contributed by atoms with van der Waals surface area (Å²) in [4.78, 5) is 0. The minimum absolute atomic E-state index is 0.526. The van der Waals surface area contributed by atoms with Gasteiger partial charge in [-0.25, -0.2) is 0 Å². The molecule has 0 saturated carbocycles. The summed E-state index contributed by atoms with van der Waals surface area (Å²) >= 11 is 0. The van der Waals surface area contributed by atoms with Crippen LogP contribution in [0.2, 0.25) is 0 Å². The first kappa shape index (κ1) is 21.6. The lowest BCUT2D eigenvalue weighted by molar-refractivity contribution is -0.286. The van der Waals surface area contributed by atoms with E-state index in [1.165, 1.54) is 0 Å². The molecule has 2 aliphatic heterocycles. The molecule has 0 bridgehead atoms. The van der Waals surface area contributed by atoms with E-state index >= 15 is 0 Å². The summed E-state index contributed by atoms with van der Waals surface area (Å²) in [5, 5.41) is 89.1. The van der Waals surface area contributed by atoms with Crippen LogP contribution in [0.25, 0.3) is 0 Å². The molecule has 2 fully saturated rings. The third kappa shape index (κ3) is 4.78. The zero-order valence-corrected chi connectivity index (χ0v) is 12.5. The SMILES string of the molecule is OC[C@@H](O)[C@H]1O[C@@H](O)[C@H](O)[C@H]1O.OC[C@H]1O[C@@H](O)[C@H](O)[C@@H](O)[C@@H]1O. The van der Waals surface area contributed by atoms with E-state index in [-0.39, 0.29) is 0 Å². The Morgan fingerprint density at radius 1 is 0.667 bits per heavy atom. The summed E-state index contributed by atoms with van der Waals surface area (Å²) in [5.74, 6) is 0. The van der Waals surface area contributed by atoms with Crippen molar-refractivity contribution in [2.45, 2.75) is 61.4 Å². The van der Waals surface area contributed by atoms with E-state index in [1.807, 2.05) is 0 Å². The van der Waals surface area contributed by atoms with Crippen molar-refractivity contribution in [1.29, 1.82) is 0 Å². The van der Waals surface area contributed by atoms with Crippen LogP contribution in [-0.2, 0) is 9.47 Å². The maximum atomic E-state index is 9.12. The summed E-state index contributed by atoms with van der Waals surface area (Å²) < 4.78 is 9.16. The summed E-state index contributed by atoms with van der Waals surface area (Å²) in [7, 11) is 0. The molecule has 0 amide bonds. The van der Waals surface area contributed by atoms with Gasteiger partial charge in [0.05, 0.1) is 13.2 Å². The van der Waals surface area contributed by atoms with Gasteiger partial charge >= 0.3 is 0 Å². The molecule has 0 radical (unpaired) electrons. The maximum absolute atomic E-state index is 9.12. The highest BCUT2D eigenvalue weighted by atomic mass is 16.7. The molecule has 2 aliphatic rings.